The van der Waals surface area contributed by atoms with Gasteiger partial charge in [0, 0.05) is 5.56 Å². The lowest BCUT2D eigenvalue weighted by atomic mass is 10.1. The zero-order valence-corrected chi connectivity index (χ0v) is 15.4. The van der Waals surface area contributed by atoms with E-state index in [9.17, 15) is 14.4 Å². The van der Waals surface area contributed by atoms with Gasteiger partial charge < -0.3 is 11.1 Å². The first-order valence-corrected chi connectivity index (χ1v) is 8.99. The van der Waals surface area contributed by atoms with Crippen LogP contribution in [-0.2, 0) is 6.54 Å². The predicted octanol–water partition coefficient (Wildman–Crippen LogP) is 2.57. The number of benzene rings is 3. The molecule has 7 heteroatoms. The number of fused-ring (bicyclic) bond motifs is 1. The van der Waals surface area contributed by atoms with E-state index in [4.69, 9.17) is 5.73 Å². The van der Waals surface area contributed by atoms with Gasteiger partial charge >= 0.3 is 5.69 Å². The summed E-state index contributed by atoms with van der Waals surface area (Å²) in [6.45, 7) is 0.268. The van der Waals surface area contributed by atoms with Crippen molar-refractivity contribution in [3.05, 3.63) is 105 Å². The molecule has 1 heterocycles. The number of para-hydroxylation sites is 3. The molecule has 1 aromatic heterocycles. The Morgan fingerprint density at radius 3 is 2.38 bits per heavy atom. The molecule has 4 aromatic rings. The molecule has 1 amide bonds. The number of anilines is 2. The third-order valence-corrected chi connectivity index (χ3v) is 4.67. The maximum atomic E-state index is 12.4. The lowest BCUT2D eigenvalue weighted by Gasteiger charge is -2.11. The van der Waals surface area contributed by atoms with Crippen LogP contribution in [0.1, 0.15) is 15.9 Å². The third kappa shape index (κ3) is 3.66. The Labute approximate surface area is 165 Å². The van der Waals surface area contributed by atoms with Crippen LogP contribution >= 0.6 is 0 Å². The normalized spacial score (nSPS) is 10.8. The van der Waals surface area contributed by atoms with Crippen molar-refractivity contribution in [1.29, 1.82) is 0 Å². The van der Waals surface area contributed by atoms with Crippen molar-refractivity contribution in [3.8, 4) is 0 Å². The number of nitrogen functional groups attached to an aromatic ring is 1. The van der Waals surface area contributed by atoms with E-state index < -0.39 is 11.2 Å². The number of hydrogen-bond acceptors (Lipinski definition) is 4. The van der Waals surface area contributed by atoms with Gasteiger partial charge in [0.1, 0.15) is 0 Å². The number of carbonyl (C=O) groups excluding carboxylic acids is 1. The maximum absolute atomic E-state index is 12.4. The summed E-state index contributed by atoms with van der Waals surface area (Å²) in [5, 5.41) is 3.22. The van der Waals surface area contributed by atoms with Gasteiger partial charge in [-0.2, -0.15) is 0 Å². The van der Waals surface area contributed by atoms with E-state index >= 15 is 0 Å². The molecular weight excluding hydrogens is 368 g/mol. The first-order chi connectivity index (χ1) is 14.0. The maximum Gasteiger partial charge on any atom is 0.329 e. The Hall–Kier alpha value is -4.13. The molecule has 0 aliphatic rings. The molecule has 0 radical (unpaired) electrons. The van der Waals surface area contributed by atoms with Crippen LogP contribution in [0.15, 0.2) is 82.4 Å². The quantitative estimate of drug-likeness (QED) is 0.468. The molecule has 0 spiro atoms. The third-order valence-electron chi connectivity index (χ3n) is 4.67. The average molecular weight is 386 g/mol. The Bertz CT molecular complexity index is 1320. The zero-order chi connectivity index (χ0) is 20.4. The summed E-state index contributed by atoms with van der Waals surface area (Å²) in [6.07, 6.45) is 0. The van der Waals surface area contributed by atoms with Crippen molar-refractivity contribution in [2.45, 2.75) is 6.54 Å². The van der Waals surface area contributed by atoms with Gasteiger partial charge in [-0.25, -0.2) is 4.79 Å². The number of nitrogens with two attached hydrogens (primary N) is 1. The minimum atomic E-state index is -0.477. The topological polar surface area (TPSA) is 110 Å². The molecule has 4 rings (SSSR count). The smallest absolute Gasteiger partial charge is 0.329 e. The van der Waals surface area contributed by atoms with Crippen LogP contribution in [0.5, 0.6) is 0 Å². The van der Waals surface area contributed by atoms with Crippen LogP contribution in [0.4, 0.5) is 11.4 Å². The van der Waals surface area contributed by atoms with Gasteiger partial charge in [-0.1, -0.05) is 36.4 Å². The van der Waals surface area contributed by atoms with E-state index in [1.807, 2.05) is 0 Å². The first kappa shape index (κ1) is 18.2. The number of carbonyl (C=O) groups is 1. The summed E-state index contributed by atoms with van der Waals surface area (Å²) in [6, 6.07) is 20.9. The highest BCUT2D eigenvalue weighted by Crippen LogP contribution is 2.18. The van der Waals surface area contributed by atoms with Crippen LogP contribution in [0.3, 0.4) is 0 Å². The van der Waals surface area contributed by atoms with Crippen LogP contribution < -0.4 is 22.3 Å². The molecule has 0 fully saturated rings. The standard InChI is InChI=1S/C22H18N4O3/c23-17-6-2-3-7-18(17)24-20(27)15-11-9-14(10-12-15)13-26-19-8-4-1-5-16(19)21(28)25-22(26)29/h1-12H,13,23H2,(H,24,27)(H,25,28,29). The number of H-pyrrole nitrogens is 1. The molecule has 0 atom stereocenters. The van der Waals surface area contributed by atoms with E-state index in [0.717, 1.165) is 5.56 Å². The molecule has 144 valence electrons. The van der Waals surface area contributed by atoms with Gasteiger partial charge in [-0.3, -0.25) is 19.1 Å². The number of nitrogens with one attached hydrogen (secondary N) is 2. The van der Waals surface area contributed by atoms with E-state index in [1.165, 1.54) is 4.57 Å². The molecular formula is C22H18N4O3. The number of aromatic nitrogens is 2. The molecule has 4 N–H and O–H groups in total. The largest absolute Gasteiger partial charge is 0.397 e. The van der Waals surface area contributed by atoms with Gasteiger partial charge in [-0.05, 0) is 42.0 Å². The molecule has 3 aromatic carbocycles. The van der Waals surface area contributed by atoms with Crippen molar-refractivity contribution < 1.29 is 4.79 Å². The Kier molecular flexibility index (Phi) is 4.70. The lowest BCUT2D eigenvalue weighted by molar-refractivity contribution is 0.102. The minimum Gasteiger partial charge on any atom is -0.397 e. The predicted molar refractivity (Wildman–Crippen MR) is 113 cm³/mol. The van der Waals surface area contributed by atoms with Crippen LogP contribution in [-0.4, -0.2) is 15.5 Å². The number of rotatable bonds is 4. The van der Waals surface area contributed by atoms with E-state index in [1.54, 1.807) is 72.8 Å². The van der Waals surface area contributed by atoms with E-state index in [-0.39, 0.29) is 12.5 Å². The minimum absolute atomic E-state index is 0.268. The fourth-order valence-corrected chi connectivity index (χ4v) is 3.15. The van der Waals surface area contributed by atoms with Crippen LogP contribution in [0.25, 0.3) is 10.9 Å². The second-order valence-corrected chi connectivity index (χ2v) is 6.60. The fourth-order valence-electron chi connectivity index (χ4n) is 3.15. The van der Waals surface area contributed by atoms with Crippen molar-refractivity contribution in [2.24, 2.45) is 0 Å². The highest BCUT2D eigenvalue weighted by Gasteiger charge is 2.10. The van der Waals surface area contributed by atoms with Crippen molar-refractivity contribution >= 4 is 28.2 Å². The molecule has 0 saturated carbocycles. The van der Waals surface area contributed by atoms with Crippen molar-refractivity contribution in [2.75, 3.05) is 11.1 Å². The van der Waals surface area contributed by atoms with Crippen LogP contribution in [0.2, 0.25) is 0 Å². The fraction of sp³-hybridized carbons (Fsp3) is 0.0455. The summed E-state index contributed by atoms with van der Waals surface area (Å²) in [5.74, 6) is -0.277. The second-order valence-electron chi connectivity index (χ2n) is 6.60. The lowest BCUT2D eigenvalue weighted by Crippen LogP contribution is -2.30. The summed E-state index contributed by atoms with van der Waals surface area (Å²) < 4.78 is 1.50. The molecule has 7 nitrogen and oxygen atoms in total. The molecule has 0 unspecified atom stereocenters. The number of amides is 1. The average Bonchev–Trinajstić information content (AvgIpc) is 2.73. The Morgan fingerprint density at radius 1 is 0.931 bits per heavy atom. The summed E-state index contributed by atoms with van der Waals surface area (Å²) in [7, 11) is 0. The van der Waals surface area contributed by atoms with Gasteiger partial charge in [0.15, 0.2) is 0 Å². The van der Waals surface area contributed by atoms with Gasteiger partial charge in [0.2, 0.25) is 0 Å². The van der Waals surface area contributed by atoms with Crippen LogP contribution in [0, 0.1) is 0 Å². The van der Waals surface area contributed by atoms with Gasteiger partial charge in [-0.15, -0.1) is 0 Å². The number of nitrogens with zero attached hydrogens (tertiary/aromatic N) is 1. The molecule has 0 aliphatic carbocycles. The summed E-state index contributed by atoms with van der Waals surface area (Å²) in [5.41, 5.74) is 7.85. The first-order valence-electron chi connectivity index (χ1n) is 8.99. The summed E-state index contributed by atoms with van der Waals surface area (Å²) in [4.78, 5) is 39.1. The zero-order valence-electron chi connectivity index (χ0n) is 15.4. The monoisotopic (exact) mass is 386 g/mol. The van der Waals surface area contributed by atoms with Gasteiger partial charge in [0.05, 0.1) is 28.8 Å². The Morgan fingerprint density at radius 2 is 1.62 bits per heavy atom. The van der Waals surface area contributed by atoms with Crippen molar-refractivity contribution in [3.63, 3.8) is 0 Å². The number of hydrogen-bond donors (Lipinski definition) is 3. The summed E-state index contributed by atoms with van der Waals surface area (Å²) >= 11 is 0. The van der Waals surface area contributed by atoms with Gasteiger partial charge in [0.25, 0.3) is 11.5 Å². The molecule has 0 bridgehead atoms. The molecule has 0 saturated heterocycles. The second kappa shape index (κ2) is 7.47. The number of aromatic amines is 1. The SMILES string of the molecule is Nc1ccccc1NC(=O)c1ccc(Cn2c(=O)[nH]c(=O)c3ccccc32)cc1. The highest BCUT2D eigenvalue weighted by molar-refractivity contribution is 6.05. The van der Waals surface area contributed by atoms with Crippen molar-refractivity contribution in [1.82, 2.24) is 9.55 Å². The molecule has 29 heavy (non-hydrogen) atoms. The van der Waals surface area contributed by atoms with E-state index in [2.05, 4.69) is 10.3 Å². The Balaban J connectivity index is 1.59. The highest BCUT2D eigenvalue weighted by atomic mass is 16.2. The van der Waals surface area contributed by atoms with E-state index in [0.29, 0.717) is 27.8 Å². The molecule has 0 aliphatic heterocycles.